The van der Waals surface area contributed by atoms with E-state index >= 15 is 0 Å². The number of fused-ring (bicyclic) bond motifs is 1. The minimum Gasteiger partial charge on any atom is -0.508 e. The summed E-state index contributed by atoms with van der Waals surface area (Å²) >= 11 is 0. The third-order valence-electron chi connectivity index (χ3n) is 4.11. The minimum absolute atomic E-state index is 0.245. The van der Waals surface area contributed by atoms with E-state index < -0.39 is 5.97 Å². The SMILES string of the molecule is CC(C)c1cc(Cn2ccc3c(C(=O)O)cccc32)ccc1O. The van der Waals surface area contributed by atoms with E-state index in [0.29, 0.717) is 17.9 Å². The molecule has 3 aromatic rings. The Morgan fingerprint density at radius 3 is 2.65 bits per heavy atom. The van der Waals surface area contributed by atoms with Crippen molar-refractivity contribution in [1.29, 1.82) is 0 Å². The topological polar surface area (TPSA) is 62.5 Å². The van der Waals surface area contributed by atoms with Gasteiger partial charge in [-0.2, -0.15) is 0 Å². The van der Waals surface area contributed by atoms with Crippen molar-refractivity contribution in [3.05, 3.63) is 65.4 Å². The first-order valence-corrected chi connectivity index (χ1v) is 7.60. The van der Waals surface area contributed by atoms with Crippen molar-refractivity contribution in [2.75, 3.05) is 0 Å². The maximum Gasteiger partial charge on any atom is 0.336 e. The summed E-state index contributed by atoms with van der Waals surface area (Å²) in [7, 11) is 0. The molecule has 0 saturated carbocycles. The normalized spacial score (nSPS) is 11.3. The maximum atomic E-state index is 11.3. The largest absolute Gasteiger partial charge is 0.508 e. The van der Waals surface area contributed by atoms with E-state index in [9.17, 15) is 15.0 Å². The molecule has 0 spiro atoms. The first kappa shape index (κ1) is 15.2. The molecular weight excluding hydrogens is 290 g/mol. The van der Waals surface area contributed by atoms with E-state index in [2.05, 4.69) is 0 Å². The van der Waals surface area contributed by atoms with Gasteiger partial charge in [0.05, 0.1) is 5.56 Å². The lowest BCUT2D eigenvalue weighted by molar-refractivity contribution is 0.0699. The lowest BCUT2D eigenvalue weighted by Crippen LogP contribution is -2.01. The molecule has 118 valence electrons. The summed E-state index contributed by atoms with van der Waals surface area (Å²) in [6.07, 6.45) is 1.90. The molecule has 1 heterocycles. The molecule has 0 atom stereocenters. The summed E-state index contributed by atoms with van der Waals surface area (Å²) in [4.78, 5) is 11.3. The van der Waals surface area contributed by atoms with Crippen molar-refractivity contribution in [1.82, 2.24) is 4.57 Å². The second kappa shape index (κ2) is 5.80. The highest BCUT2D eigenvalue weighted by Gasteiger charge is 2.12. The number of hydrogen-bond donors (Lipinski definition) is 2. The van der Waals surface area contributed by atoms with Gasteiger partial charge in [0.15, 0.2) is 0 Å². The number of phenols is 1. The number of carboxylic acids is 1. The van der Waals surface area contributed by atoms with Crippen LogP contribution in [0.5, 0.6) is 5.75 Å². The van der Waals surface area contributed by atoms with Crippen molar-refractivity contribution in [2.45, 2.75) is 26.3 Å². The van der Waals surface area contributed by atoms with E-state index in [1.807, 2.05) is 48.9 Å². The van der Waals surface area contributed by atoms with Gasteiger partial charge in [-0.15, -0.1) is 0 Å². The average molecular weight is 309 g/mol. The van der Waals surface area contributed by atoms with Crippen LogP contribution in [0.3, 0.4) is 0 Å². The molecule has 0 fully saturated rings. The third kappa shape index (κ3) is 2.80. The zero-order valence-corrected chi connectivity index (χ0v) is 13.2. The van der Waals surface area contributed by atoms with Gasteiger partial charge in [0.2, 0.25) is 0 Å². The maximum absolute atomic E-state index is 11.3. The Kier molecular flexibility index (Phi) is 3.82. The van der Waals surface area contributed by atoms with Crippen LogP contribution in [0.15, 0.2) is 48.7 Å². The van der Waals surface area contributed by atoms with E-state index in [0.717, 1.165) is 22.0 Å². The van der Waals surface area contributed by atoms with Gasteiger partial charge in [0.1, 0.15) is 5.75 Å². The Hall–Kier alpha value is -2.75. The second-order valence-corrected chi connectivity index (χ2v) is 6.04. The van der Waals surface area contributed by atoms with Crippen molar-refractivity contribution in [3.63, 3.8) is 0 Å². The first-order valence-electron chi connectivity index (χ1n) is 7.60. The molecule has 0 radical (unpaired) electrons. The molecule has 0 aliphatic rings. The number of aromatic hydroxyl groups is 1. The molecule has 0 unspecified atom stereocenters. The Balaban J connectivity index is 2.01. The van der Waals surface area contributed by atoms with E-state index in [4.69, 9.17) is 0 Å². The average Bonchev–Trinajstić information content (AvgIpc) is 2.92. The summed E-state index contributed by atoms with van der Waals surface area (Å²) in [6.45, 7) is 4.72. The standard InChI is InChI=1S/C19H19NO3/c1-12(2)16-10-13(6-7-18(16)21)11-20-9-8-14-15(19(22)23)4-3-5-17(14)20/h3-10,12,21H,11H2,1-2H3,(H,22,23). The highest BCUT2D eigenvalue weighted by molar-refractivity contribution is 6.02. The summed E-state index contributed by atoms with van der Waals surface area (Å²) in [6, 6.07) is 12.8. The number of nitrogens with zero attached hydrogens (tertiary/aromatic N) is 1. The fourth-order valence-electron chi connectivity index (χ4n) is 2.91. The van der Waals surface area contributed by atoms with Crippen molar-refractivity contribution >= 4 is 16.9 Å². The zero-order valence-electron chi connectivity index (χ0n) is 13.2. The predicted octanol–water partition coefficient (Wildman–Crippen LogP) is 4.22. The Labute approximate surface area is 134 Å². The van der Waals surface area contributed by atoms with Crippen LogP contribution in [0.4, 0.5) is 0 Å². The van der Waals surface area contributed by atoms with Gasteiger partial charge < -0.3 is 14.8 Å². The Bertz CT molecular complexity index is 877. The smallest absolute Gasteiger partial charge is 0.336 e. The molecule has 23 heavy (non-hydrogen) atoms. The summed E-state index contributed by atoms with van der Waals surface area (Å²) in [5, 5.41) is 19.9. The molecule has 2 N–H and O–H groups in total. The quantitative estimate of drug-likeness (QED) is 0.758. The number of benzene rings is 2. The van der Waals surface area contributed by atoms with Crippen LogP contribution >= 0.6 is 0 Å². The van der Waals surface area contributed by atoms with Crippen LogP contribution in [0, 0.1) is 0 Å². The summed E-state index contributed by atoms with van der Waals surface area (Å²) in [5.41, 5.74) is 3.20. The number of aromatic carboxylic acids is 1. The molecule has 0 amide bonds. The molecular formula is C19H19NO3. The lowest BCUT2D eigenvalue weighted by atomic mass is 9.99. The molecule has 0 aliphatic carbocycles. The molecule has 4 nitrogen and oxygen atoms in total. The summed E-state index contributed by atoms with van der Waals surface area (Å²) in [5.74, 6) is -0.357. The number of aromatic nitrogens is 1. The van der Waals surface area contributed by atoms with Crippen LogP contribution in [0.2, 0.25) is 0 Å². The van der Waals surface area contributed by atoms with Gasteiger partial charge in [-0.1, -0.05) is 32.0 Å². The van der Waals surface area contributed by atoms with Gasteiger partial charge in [0.25, 0.3) is 0 Å². The van der Waals surface area contributed by atoms with E-state index in [-0.39, 0.29) is 5.92 Å². The number of hydrogen-bond acceptors (Lipinski definition) is 2. The van der Waals surface area contributed by atoms with E-state index in [1.54, 1.807) is 18.2 Å². The van der Waals surface area contributed by atoms with Crippen LogP contribution in [-0.2, 0) is 6.54 Å². The van der Waals surface area contributed by atoms with Gasteiger partial charge >= 0.3 is 5.97 Å². The van der Waals surface area contributed by atoms with Gasteiger partial charge in [-0.05, 0) is 41.3 Å². The van der Waals surface area contributed by atoms with E-state index in [1.165, 1.54) is 0 Å². The minimum atomic E-state index is -0.917. The van der Waals surface area contributed by atoms with Crippen LogP contribution in [-0.4, -0.2) is 20.7 Å². The highest BCUT2D eigenvalue weighted by atomic mass is 16.4. The summed E-state index contributed by atoms with van der Waals surface area (Å²) < 4.78 is 2.03. The fraction of sp³-hybridized carbons (Fsp3) is 0.211. The highest BCUT2D eigenvalue weighted by Crippen LogP contribution is 2.27. The van der Waals surface area contributed by atoms with Crippen molar-refractivity contribution in [3.8, 4) is 5.75 Å². The molecule has 0 saturated heterocycles. The molecule has 0 bridgehead atoms. The van der Waals surface area contributed by atoms with Crippen LogP contribution < -0.4 is 0 Å². The second-order valence-electron chi connectivity index (χ2n) is 6.04. The number of carbonyl (C=O) groups is 1. The molecule has 0 aliphatic heterocycles. The van der Waals surface area contributed by atoms with Crippen molar-refractivity contribution < 1.29 is 15.0 Å². The molecule has 3 rings (SSSR count). The van der Waals surface area contributed by atoms with Crippen LogP contribution in [0.25, 0.3) is 10.9 Å². The zero-order chi connectivity index (χ0) is 16.6. The predicted molar refractivity (Wildman–Crippen MR) is 90.2 cm³/mol. The Morgan fingerprint density at radius 1 is 1.17 bits per heavy atom. The fourth-order valence-corrected chi connectivity index (χ4v) is 2.91. The van der Waals surface area contributed by atoms with Crippen molar-refractivity contribution in [2.24, 2.45) is 0 Å². The first-order chi connectivity index (χ1) is 11.0. The van der Waals surface area contributed by atoms with Gasteiger partial charge in [0, 0.05) is 23.6 Å². The molecule has 4 heteroatoms. The number of rotatable bonds is 4. The number of phenolic OH excluding ortho intramolecular Hbond substituents is 1. The molecule has 1 aromatic heterocycles. The molecule has 2 aromatic carbocycles. The van der Waals surface area contributed by atoms with Gasteiger partial charge in [-0.3, -0.25) is 0 Å². The monoisotopic (exact) mass is 309 g/mol. The number of carboxylic acid groups (broad SMARTS) is 1. The van der Waals surface area contributed by atoms with Gasteiger partial charge in [-0.25, -0.2) is 4.79 Å². The van der Waals surface area contributed by atoms with Crippen LogP contribution in [0.1, 0.15) is 41.3 Å². The third-order valence-corrected chi connectivity index (χ3v) is 4.11. The Morgan fingerprint density at radius 2 is 1.96 bits per heavy atom. The lowest BCUT2D eigenvalue weighted by Gasteiger charge is -2.12.